The molecule has 0 unspecified atom stereocenters. The van der Waals surface area contributed by atoms with Crippen LogP contribution >= 0.6 is 0 Å². The van der Waals surface area contributed by atoms with Gasteiger partial charge in [-0.1, -0.05) is 6.42 Å². The Kier molecular flexibility index (Phi) is 2.66. The Morgan fingerprint density at radius 3 is 2.79 bits per heavy atom. The van der Waals surface area contributed by atoms with Crippen LogP contribution in [0.1, 0.15) is 25.0 Å². The van der Waals surface area contributed by atoms with Gasteiger partial charge in [0.15, 0.2) is 0 Å². The summed E-state index contributed by atoms with van der Waals surface area (Å²) in [6.07, 6.45) is 5.81. The summed E-state index contributed by atoms with van der Waals surface area (Å²) in [6.45, 7) is 3.14. The Hall–Kier alpha value is -1.12. The van der Waals surface area contributed by atoms with Gasteiger partial charge in [-0.3, -0.25) is 0 Å². The molecule has 0 atom stereocenters. The van der Waals surface area contributed by atoms with Gasteiger partial charge in [-0.05, 0) is 25.7 Å². The summed E-state index contributed by atoms with van der Waals surface area (Å²) in [5.74, 6) is 1.93. The molecule has 1 aromatic rings. The van der Waals surface area contributed by atoms with Crippen molar-refractivity contribution in [3.8, 4) is 0 Å². The summed E-state index contributed by atoms with van der Waals surface area (Å²) < 4.78 is 0. The normalized spacial score (nSPS) is 16.4. The molecule has 1 aliphatic rings. The van der Waals surface area contributed by atoms with Gasteiger partial charge >= 0.3 is 0 Å². The standard InChI is InChI=1S/C11H17N3/c1-9-6-11(13-8-12-9)14(2)7-10-4-3-5-10/h6,8,10H,3-5,7H2,1-2H3. The number of hydrogen-bond acceptors (Lipinski definition) is 3. The van der Waals surface area contributed by atoms with Crippen molar-refractivity contribution < 1.29 is 0 Å². The van der Waals surface area contributed by atoms with Crippen LogP contribution in [0.2, 0.25) is 0 Å². The maximum atomic E-state index is 4.27. The molecule has 0 saturated heterocycles. The lowest BCUT2D eigenvalue weighted by molar-refractivity contribution is 0.321. The topological polar surface area (TPSA) is 29.0 Å². The fraction of sp³-hybridized carbons (Fsp3) is 0.636. The molecule has 1 heterocycles. The second kappa shape index (κ2) is 3.95. The average Bonchev–Trinajstić information content (AvgIpc) is 2.11. The molecule has 0 radical (unpaired) electrons. The first-order chi connectivity index (χ1) is 6.75. The molecule has 3 heteroatoms. The maximum Gasteiger partial charge on any atom is 0.131 e. The van der Waals surface area contributed by atoms with Crippen LogP contribution in [-0.2, 0) is 0 Å². The van der Waals surface area contributed by atoms with Crippen molar-refractivity contribution in [1.82, 2.24) is 9.97 Å². The fourth-order valence-electron chi connectivity index (χ4n) is 1.81. The van der Waals surface area contributed by atoms with Gasteiger partial charge in [0.05, 0.1) is 0 Å². The molecule has 0 spiro atoms. The summed E-state index contributed by atoms with van der Waals surface area (Å²) in [7, 11) is 2.11. The van der Waals surface area contributed by atoms with Gasteiger partial charge in [0.2, 0.25) is 0 Å². The van der Waals surface area contributed by atoms with E-state index in [0.717, 1.165) is 24.0 Å². The molecule has 14 heavy (non-hydrogen) atoms. The highest BCUT2D eigenvalue weighted by atomic mass is 15.2. The number of aromatic nitrogens is 2. The smallest absolute Gasteiger partial charge is 0.131 e. The lowest BCUT2D eigenvalue weighted by Crippen LogP contribution is -2.29. The highest BCUT2D eigenvalue weighted by molar-refractivity contribution is 5.37. The second-order valence-corrected chi connectivity index (χ2v) is 4.20. The summed E-state index contributed by atoms with van der Waals surface area (Å²) in [5, 5.41) is 0. The van der Waals surface area contributed by atoms with E-state index >= 15 is 0 Å². The van der Waals surface area contributed by atoms with E-state index in [1.807, 2.05) is 13.0 Å². The minimum Gasteiger partial charge on any atom is -0.359 e. The van der Waals surface area contributed by atoms with Gasteiger partial charge in [0.25, 0.3) is 0 Å². The van der Waals surface area contributed by atoms with Crippen molar-refractivity contribution in [2.45, 2.75) is 26.2 Å². The molecule has 76 valence electrons. The number of rotatable bonds is 3. The molecule has 0 bridgehead atoms. The van der Waals surface area contributed by atoms with Crippen LogP contribution in [0.4, 0.5) is 5.82 Å². The van der Waals surface area contributed by atoms with E-state index in [-0.39, 0.29) is 0 Å². The van der Waals surface area contributed by atoms with Crippen molar-refractivity contribution in [1.29, 1.82) is 0 Å². The Morgan fingerprint density at radius 1 is 1.43 bits per heavy atom. The molecular formula is C11H17N3. The lowest BCUT2D eigenvalue weighted by atomic mass is 9.85. The van der Waals surface area contributed by atoms with Crippen LogP contribution in [0.25, 0.3) is 0 Å². The molecule has 0 aliphatic heterocycles. The zero-order valence-electron chi connectivity index (χ0n) is 8.90. The van der Waals surface area contributed by atoms with E-state index in [1.165, 1.54) is 19.3 Å². The predicted molar refractivity (Wildman–Crippen MR) is 57.4 cm³/mol. The van der Waals surface area contributed by atoms with Crippen molar-refractivity contribution in [3.05, 3.63) is 18.1 Å². The fourth-order valence-corrected chi connectivity index (χ4v) is 1.81. The Labute approximate surface area is 85.2 Å². The number of anilines is 1. The SMILES string of the molecule is Cc1cc(N(C)CC2CCC2)ncn1. The van der Waals surface area contributed by atoms with Crippen LogP contribution < -0.4 is 4.90 Å². The second-order valence-electron chi connectivity index (χ2n) is 4.20. The van der Waals surface area contributed by atoms with Gasteiger partial charge in [0, 0.05) is 25.4 Å². The molecule has 0 aromatic carbocycles. The summed E-state index contributed by atoms with van der Waals surface area (Å²) in [4.78, 5) is 10.6. The third kappa shape index (κ3) is 2.03. The zero-order chi connectivity index (χ0) is 9.97. The first-order valence-corrected chi connectivity index (χ1v) is 5.25. The van der Waals surface area contributed by atoms with Gasteiger partial charge in [-0.15, -0.1) is 0 Å². The first kappa shape index (κ1) is 9.44. The molecule has 3 nitrogen and oxygen atoms in total. The van der Waals surface area contributed by atoms with Crippen molar-refractivity contribution >= 4 is 5.82 Å². The quantitative estimate of drug-likeness (QED) is 0.732. The number of aryl methyl sites for hydroxylation is 1. The van der Waals surface area contributed by atoms with Crippen molar-refractivity contribution in [2.75, 3.05) is 18.5 Å². The Balaban J connectivity index is 1.98. The van der Waals surface area contributed by atoms with E-state index in [2.05, 4.69) is 21.9 Å². The predicted octanol–water partition coefficient (Wildman–Crippen LogP) is 2.02. The molecule has 0 N–H and O–H groups in total. The Bertz CT molecular complexity index is 307. The monoisotopic (exact) mass is 191 g/mol. The Morgan fingerprint density at radius 2 is 2.21 bits per heavy atom. The third-order valence-electron chi connectivity index (χ3n) is 2.94. The third-order valence-corrected chi connectivity index (χ3v) is 2.94. The molecular weight excluding hydrogens is 174 g/mol. The number of hydrogen-bond donors (Lipinski definition) is 0. The maximum absolute atomic E-state index is 4.27. The molecule has 2 rings (SSSR count). The largest absolute Gasteiger partial charge is 0.359 e. The van der Waals surface area contributed by atoms with E-state index in [0.29, 0.717) is 0 Å². The molecule has 1 fully saturated rings. The van der Waals surface area contributed by atoms with Crippen LogP contribution in [0, 0.1) is 12.8 Å². The highest BCUT2D eigenvalue weighted by Crippen LogP contribution is 2.27. The van der Waals surface area contributed by atoms with Crippen molar-refractivity contribution in [2.24, 2.45) is 5.92 Å². The van der Waals surface area contributed by atoms with Crippen LogP contribution in [0.15, 0.2) is 12.4 Å². The van der Waals surface area contributed by atoms with Crippen LogP contribution in [0.3, 0.4) is 0 Å². The summed E-state index contributed by atoms with van der Waals surface area (Å²) in [6, 6.07) is 2.04. The summed E-state index contributed by atoms with van der Waals surface area (Å²) in [5.41, 5.74) is 1.04. The minimum atomic E-state index is 0.885. The summed E-state index contributed by atoms with van der Waals surface area (Å²) >= 11 is 0. The van der Waals surface area contributed by atoms with Gasteiger partial charge in [-0.2, -0.15) is 0 Å². The van der Waals surface area contributed by atoms with E-state index < -0.39 is 0 Å². The van der Waals surface area contributed by atoms with E-state index in [4.69, 9.17) is 0 Å². The highest BCUT2D eigenvalue weighted by Gasteiger charge is 2.19. The molecule has 0 amide bonds. The number of nitrogens with zero attached hydrogens (tertiary/aromatic N) is 3. The van der Waals surface area contributed by atoms with E-state index in [9.17, 15) is 0 Å². The zero-order valence-corrected chi connectivity index (χ0v) is 8.90. The van der Waals surface area contributed by atoms with Gasteiger partial charge in [-0.25, -0.2) is 9.97 Å². The average molecular weight is 191 g/mol. The van der Waals surface area contributed by atoms with Crippen LogP contribution in [-0.4, -0.2) is 23.6 Å². The lowest BCUT2D eigenvalue weighted by Gasteiger charge is -2.30. The van der Waals surface area contributed by atoms with Gasteiger partial charge < -0.3 is 4.90 Å². The van der Waals surface area contributed by atoms with E-state index in [1.54, 1.807) is 6.33 Å². The van der Waals surface area contributed by atoms with Crippen LogP contribution in [0.5, 0.6) is 0 Å². The molecule has 1 aliphatic carbocycles. The molecule has 1 saturated carbocycles. The van der Waals surface area contributed by atoms with Crippen molar-refractivity contribution in [3.63, 3.8) is 0 Å². The first-order valence-electron chi connectivity index (χ1n) is 5.25. The molecule has 1 aromatic heterocycles. The van der Waals surface area contributed by atoms with Gasteiger partial charge in [0.1, 0.15) is 12.1 Å². The minimum absolute atomic E-state index is 0.885.